The summed E-state index contributed by atoms with van der Waals surface area (Å²) < 4.78 is 2.31. The molecule has 48 heavy (non-hydrogen) atoms. The number of hydrogen-bond acceptors (Lipinski definition) is 0. The van der Waals surface area contributed by atoms with Crippen LogP contribution in [0.2, 0.25) is 0 Å². The quantitative estimate of drug-likeness (QED) is 0.187. The van der Waals surface area contributed by atoms with E-state index in [1.165, 1.54) is 66.3 Å². The van der Waals surface area contributed by atoms with E-state index in [-0.39, 0.29) is 0 Å². The molecular weight excluding hydrogens is 583 g/mol. The molecule has 0 atom stereocenters. The number of H-pyrrole nitrogens is 2. The first kappa shape index (κ1) is 27.9. The molecule has 0 bridgehead atoms. The standard InChI is InChI=1S/C45H33N3/c1-48-40-24-22-34(44-42(32-18-10-4-11-19-32)38(28-46-44)30-14-6-2-7-15-30)26-36(40)37-27-35(23-25-41(37)48)45-43(33-20-12-5-13-21-33)39(29-47-45)31-16-8-3-9-17-31/h2-29,46-47H,1H3. The number of hydrogen-bond donors (Lipinski definition) is 2. The first-order valence-corrected chi connectivity index (χ1v) is 16.4. The van der Waals surface area contributed by atoms with Crippen molar-refractivity contribution < 1.29 is 0 Å². The van der Waals surface area contributed by atoms with Crippen molar-refractivity contribution in [2.24, 2.45) is 7.05 Å². The van der Waals surface area contributed by atoms with Crippen molar-refractivity contribution in [2.75, 3.05) is 0 Å². The fourth-order valence-corrected chi connectivity index (χ4v) is 7.33. The predicted molar refractivity (Wildman–Crippen MR) is 202 cm³/mol. The lowest BCUT2D eigenvalue weighted by Gasteiger charge is -2.10. The van der Waals surface area contributed by atoms with E-state index in [4.69, 9.17) is 0 Å². The molecule has 0 aliphatic carbocycles. The smallest absolute Gasteiger partial charge is 0.0540 e. The number of nitrogens with zero attached hydrogens (tertiary/aromatic N) is 1. The summed E-state index contributed by atoms with van der Waals surface area (Å²) in [6.45, 7) is 0. The van der Waals surface area contributed by atoms with Crippen LogP contribution in [0.4, 0.5) is 0 Å². The summed E-state index contributed by atoms with van der Waals surface area (Å²) in [6, 6.07) is 56.4. The zero-order chi connectivity index (χ0) is 32.0. The third-order valence-electron chi connectivity index (χ3n) is 9.64. The Bertz CT molecular complexity index is 2360. The second kappa shape index (κ2) is 11.5. The number of fused-ring (bicyclic) bond motifs is 3. The maximum absolute atomic E-state index is 3.68. The Kier molecular flexibility index (Phi) is 6.69. The van der Waals surface area contributed by atoms with Crippen molar-refractivity contribution in [3.63, 3.8) is 0 Å². The minimum atomic E-state index is 1.12. The van der Waals surface area contributed by atoms with Gasteiger partial charge >= 0.3 is 0 Å². The van der Waals surface area contributed by atoms with Gasteiger partial charge in [0.1, 0.15) is 0 Å². The summed E-state index contributed by atoms with van der Waals surface area (Å²) >= 11 is 0. The Morgan fingerprint density at radius 1 is 0.375 bits per heavy atom. The van der Waals surface area contributed by atoms with Crippen LogP contribution in [0.25, 0.3) is 88.8 Å². The zero-order valence-corrected chi connectivity index (χ0v) is 26.6. The van der Waals surface area contributed by atoms with Gasteiger partial charge in [-0.3, -0.25) is 0 Å². The SMILES string of the molecule is Cn1c2ccc(-c3[nH]cc(-c4ccccc4)c3-c3ccccc3)cc2c2cc(-c3[nH]cc(-c4ccccc4)c3-c3ccccc3)ccc21. The van der Waals surface area contributed by atoms with Gasteiger partial charge in [-0.15, -0.1) is 0 Å². The first-order chi connectivity index (χ1) is 23.7. The van der Waals surface area contributed by atoms with Gasteiger partial charge in [0, 0.05) is 63.5 Å². The maximum atomic E-state index is 3.68. The lowest BCUT2D eigenvalue weighted by Crippen LogP contribution is -1.88. The normalized spacial score (nSPS) is 11.4. The van der Waals surface area contributed by atoms with Gasteiger partial charge in [0.25, 0.3) is 0 Å². The van der Waals surface area contributed by atoms with Crippen LogP contribution in [0, 0.1) is 0 Å². The average Bonchev–Trinajstić information content (AvgIpc) is 3.88. The number of nitrogens with one attached hydrogen (secondary N) is 2. The van der Waals surface area contributed by atoms with E-state index >= 15 is 0 Å². The molecule has 0 saturated carbocycles. The molecule has 9 aromatic rings. The minimum absolute atomic E-state index is 1.12. The molecular formula is C45H33N3. The van der Waals surface area contributed by atoms with Gasteiger partial charge in [0.15, 0.2) is 0 Å². The van der Waals surface area contributed by atoms with Gasteiger partial charge in [-0.1, -0.05) is 133 Å². The molecule has 228 valence electrons. The fraction of sp³-hybridized carbons (Fsp3) is 0.0222. The topological polar surface area (TPSA) is 36.5 Å². The monoisotopic (exact) mass is 615 g/mol. The van der Waals surface area contributed by atoms with E-state index in [1.54, 1.807) is 0 Å². The molecule has 0 saturated heterocycles. The molecule has 3 heterocycles. The van der Waals surface area contributed by atoms with Crippen LogP contribution in [-0.2, 0) is 7.05 Å². The molecule has 0 unspecified atom stereocenters. The molecule has 3 heteroatoms. The molecule has 2 N–H and O–H groups in total. The fourth-order valence-electron chi connectivity index (χ4n) is 7.33. The van der Waals surface area contributed by atoms with E-state index in [0.29, 0.717) is 0 Å². The predicted octanol–water partition coefficient (Wildman–Crippen LogP) is 12.0. The summed E-state index contributed by atoms with van der Waals surface area (Å²) in [5, 5.41) is 2.47. The molecule has 9 rings (SSSR count). The largest absolute Gasteiger partial charge is 0.360 e. The number of aromatic amines is 2. The molecule has 3 nitrogen and oxygen atoms in total. The second-order valence-corrected chi connectivity index (χ2v) is 12.4. The summed E-state index contributed by atoms with van der Waals surface area (Å²) in [6.07, 6.45) is 4.30. The van der Waals surface area contributed by atoms with Crippen LogP contribution in [-0.4, -0.2) is 14.5 Å². The lowest BCUT2D eigenvalue weighted by atomic mass is 9.93. The number of aryl methyl sites for hydroxylation is 1. The highest BCUT2D eigenvalue weighted by Gasteiger charge is 2.20. The number of benzene rings is 6. The molecule has 0 aliphatic heterocycles. The van der Waals surface area contributed by atoms with E-state index in [1.807, 2.05) is 0 Å². The van der Waals surface area contributed by atoms with Crippen molar-refractivity contribution in [3.05, 3.63) is 170 Å². The molecule has 6 aromatic carbocycles. The van der Waals surface area contributed by atoms with Crippen molar-refractivity contribution >= 4 is 21.8 Å². The van der Waals surface area contributed by atoms with Gasteiger partial charge in [0.2, 0.25) is 0 Å². The average molecular weight is 616 g/mol. The van der Waals surface area contributed by atoms with E-state index in [2.05, 4.69) is 192 Å². The molecule has 0 aliphatic rings. The Balaban J connectivity index is 1.23. The maximum Gasteiger partial charge on any atom is 0.0540 e. The van der Waals surface area contributed by atoms with Crippen molar-refractivity contribution in [1.82, 2.24) is 14.5 Å². The third kappa shape index (κ3) is 4.59. The van der Waals surface area contributed by atoms with Crippen LogP contribution in [0.15, 0.2) is 170 Å². The summed E-state index contributed by atoms with van der Waals surface area (Å²) in [7, 11) is 2.17. The number of rotatable bonds is 6. The van der Waals surface area contributed by atoms with Crippen LogP contribution in [0.3, 0.4) is 0 Å². The molecule has 0 radical (unpaired) electrons. The van der Waals surface area contributed by atoms with Gasteiger partial charge < -0.3 is 14.5 Å². The van der Waals surface area contributed by atoms with Crippen molar-refractivity contribution in [2.45, 2.75) is 0 Å². The Hall–Kier alpha value is -6.32. The molecule has 0 fully saturated rings. The van der Waals surface area contributed by atoms with Gasteiger partial charge in [-0.05, 0) is 57.6 Å². The summed E-state index contributed by atoms with van der Waals surface area (Å²) in [4.78, 5) is 7.35. The van der Waals surface area contributed by atoms with Crippen LogP contribution >= 0.6 is 0 Å². The van der Waals surface area contributed by atoms with Gasteiger partial charge in [-0.25, -0.2) is 0 Å². The lowest BCUT2D eigenvalue weighted by molar-refractivity contribution is 1.01. The highest BCUT2D eigenvalue weighted by atomic mass is 14.9. The second-order valence-electron chi connectivity index (χ2n) is 12.4. The Morgan fingerprint density at radius 3 is 1.10 bits per heavy atom. The van der Waals surface area contributed by atoms with Crippen LogP contribution in [0.5, 0.6) is 0 Å². The van der Waals surface area contributed by atoms with Crippen LogP contribution in [0.1, 0.15) is 0 Å². The van der Waals surface area contributed by atoms with E-state index < -0.39 is 0 Å². The minimum Gasteiger partial charge on any atom is -0.360 e. The summed E-state index contributed by atoms with van der Waals surface area (Å²) in [5.41, 5.74) is 16.6. The van der Waals surface area contributed by atoms with Crippen molar-refractivity contribution in [3.8, 4) is 67.0 Å². The molecule has 0 spiro atoms. The highest BCUT2D eigenvalue weighted by molar-refractivity contribution is 6.11. The first-order valence-electron chi connectivity index (χ1n) is 16.4. The third-order valence-corrected chi connectivity index (χ3v) is 9.64. The molecule has 0 amide bonds. The van der Waals surface area contributed by atoms with E-state index in [9.17, 15) is 0 Å². The van der Waals surface area contributed by atoms with Gasteiger partial charge in [-0.2, -0.15) is 0 Å². The van der Waals surface area contributed by atoms with Crippen molar-refractivity contribution in [1.29, 1.82) is 0 Å². The highest BCUT2D eigenvalue weighted by Crippen LogP contribution is 2.44. The number of aromatic nitrogens is 3. The molecule has 3 aromatic heterocycles. The summed E-state index contributed by atoms with van der Waals surface area (Å²) in [5.74, 6) is 0. The van der Waals surface area contributed by atoms with Crippen LogP contribution < -0.4 is 0 Å². The Labute approximate surface area is 279 Å². The Morgan fingerprint density at radius 2 is 0.729 bits per heavy atom. The van der Waals surface area contributed by atoms with E-state index in [0.717, 1.165) is 22.5 Å². The van der Waals surface area contributed by atoms with Gasteiger partial charge in [0.05, 0.1) is 11.4 Å². The zero-order valence-electron chi connectivity index (χ0n) is 26.6.